The molecule has 0 radical (unpaired) electrons. The Morgan fingerprint density at radius 2 is 1.77 bits per heavy atom. The van der Waals surface area contributed by atoms with Crippen LogP contribution < -0.4 is 25.6 Å². The highest BCUT2D eigenvalue weighted by Gasteiger charge is 2.13. The van der Waals surface area contributed by atoms with Crippen molar-refractivity contribution in [1.29, 1.82) is 0 Å². The van der Waals surface area contributed by atoms with Crippen LogP contribution in [0.5, 0.6) is 11.5 Å². The Bertz CT molecular complexity index is 979. The van der Waals surface area contributed by atoms with Gasteiger partial charge in [-0.05, 0) is 101 Å². The second kappa shape index (κ2) is 11.8. The number of carbonyl (C=O) groups is 2. The van der Waals surface area contributed by atoms with E-state index in [1.807, 2.05) is 32.9 Å². The predicted molar refractivity (Wildman–Crippen MR) is 133 cm³/mol. The quantitative estimate of drug-likeness (QED) is 0.312. The molecule has 3 N–H and O–H groups in total. The Hall–Kier alpha value is -1.69. The van der Waals surface area contributed by atoms with E-state index in [1.165, 1.54) is 0 Å². The van der Waals surface area contributed by atoms with E-state index in [0.717, 1.165) is 14.5 Å². The van der Waals surface area contributed by atoms with Crippen molar-refractivity contribution in [3.63, 3.8) is 0 Å². The third-order valence-electron chi connectivity index (χ3n) is 3.64. The summed E-state index contributed by atoms with van der Waals surface area (Å²) in [5, 5.41) is 2.43. The summed E-state index contributed by atoms with van der Waals surface area (Å²) >= 11 is 15.2. The van der Waals surface area contributed by atoms with Crippen molar-refractivity contribution < 1.29 is 19.1 Å². The lowest BCUT2D eigenvalue weighted by Crippen LogP contribution is -2.49. The first-order valence-corrected chi connectivity index (χ1v) is 11.8. The minimum Gasteiger partial charge on any atom is -0.490 e. The molecule has 0 aliphatic rings. The monoisotopic (exact) mass is 635 g/mol. The lowest BCUT2D eigenvalue weighted by molar-refractivity contribution is -0.123. The number of benzene rings is 2. The number of thiocarbonyl (C=S) groups is 1. The Morgan fingerprint density at radius 3 is 2.39 bits per heavy atom. The Kier molecular flexibility index (Phi) is 9.73. The summed E-state index contributed by atoms with van der Waals surface area (Å²) in [5.74, 6) is 0.287. The van der Waals surface area contributed by atoms with Crippen molar-refractivity contribution in [2.24, 2.45) is 0 Å². The van der Waals surface area contributed by atoms with Gasteiger partial charge in [-0.1, -0.05) is 15.9 Å². The molecule has 31 heavy (non-hydrogen) atoms. The van der Waals surface area contributed by atoms with Gasteiger partial charge in [0.2, 0.25) is 0 Å². The number of hydrogen-bond acceptors (Lipinski definition) is 5. The van der Waals surface area contributed by atoms with Crippen molar-refractivity contribution in [2.45, 2.75) is 26.9 Å². The maximum atomic E-state index is 12.4. The third kappa shape index (κ3) is 8.06. The Labute approximate surface area is 211 Å². The number of halogens is 3. The maximum Gasteiger partial charge on any atom is 0.276 e. The van der Waals surface area contributed by atoms with E-state index in [9.17, 15) is 9.59 Å². The van der Waals surface area contributed by atoms with Gasteiger partial charge in [0.15, 0.2) is 11.7 Å². The molecule has 11 heteroatoms. The number of hydrogen-bond donors (Lipinski definition) is 3. The number of ether oxygens (including phenoxy) is 2. The third-order valence-corrected chi connectivity index (χ3v) is 5.51. The molecule has 2 amide bonds. The molecular weight excluding hydrogens is 618 g/mol. The number of nitrogens with one attached hydrogen (secondary N) is 3. The van der Waals surface area contributed by atoms with Gasteiger partial charge in [0.1, 0.15) is 11.5 Å². The van der Waals surface area contributed by atoms with Gasteiger partial charge >= 0.3 is 0 Å². The van der Waals surface area contributed by atoms with Crippen LogP contribution >= 0.6 is 60.0 Å². The van der Waals surface area contributed by atoms with Crippen LogP contribution in [0.3, 0.4) is 0 Å². The summed E-state index contributed by atoms with van der Waals surface area (Å²) in [4.78, 5) is 24.4. The van der Waals surface area contributed by atoms with Crippen LogP contribution in [0.1, 0.15) is 29.8 Å². The topological polar surface area (TPSA) is 88.7 Å². The average Bonchev–Trinajstić information content (AvgIpc) is 2.66. The van der Waals surface area contributed by atoms with Gasteiger partial charge in [-0.2, -0.15) is 0 Å². The largest absolute Gasteiger partial charge is 0.490 e. The zero-order valence-corrected chi connectivity index (χ0v) is 22.4. The van der Waals surface area contributed by atoms with Crippen LogP contribution in [0.15, 0.2) is 43.7 Å². The molecule has 0 heterocycles. The fourth-order valence-corrected chi connectivity index (χ4v) is 4.54. The highest BCUT2D eigenvalue weighted by atomic mass is 79.9. The molecule has 0 unspecified atom stereocenters. The van der Waals surface area contributed by atoms with Gasteiger partial charge < -0.3 is 9.47 Å². The number of amides is 2. The first-order valence-electron chi connectivity index (χ1n) is 9.01. The maximum absolute atomic E-state index is 12.4. The number of carbonyl (C=O) groups excluding carboxylic acids is 2. The summed E-state index contributed by atoms with van der Waals surface area (Å²) in [7, 11) is 0. The second-order valence-corrected chi connectivity index (χ2v) is 9.62. The fourth-order valence-electron chi connectivity index (χ4n) is 2.37. The fraction of sp³-hybridized carbons (Fsp3) is 0.250. The molecule has 2 aromatic rings. The van der Waals surface area contributed by atoms with Crippen molar-refractivity contribution in [1.82, 2.24) is 16.2 Å². The lowest BCUT2D eigenvalue weighted by atomic mass is 10.2. The Balaban J connectivity index is 1.83. The predicted octanol–water partition coefficient (Wildman–Crippen LogP) is 4.78. The standard InChI is InChI=1S/C20H20Br3N3O4S/c1-10(2)30-16-5-4-12(7-14(16)22)19(28)24-20(31)26-25-17(27)9-29-18-11(3)6-13(21)8-15(18)23/h4-8,10H,9H2,1-3H3,(H,25,27)(H2,24,26,28,31). The molecule has 0 saturated carbocycles. The van der Waals surface area contributed by atoms with E-state index >= 15 is 0 Å². The van der Waals surface area contributed by atoms with Crippen LogP contribution in [0.4, 0.5) is 0 Å². The number of aryl methyl sites for hydroxylation is 1. The first-order chi connectivity index (χ1) is 14.6. The molecule has 0 spiro atoms. The number of rotatable bonds is 6. The van der Waals surface area contributed by atoms with E-state index in [4.69, 9.17) is 21.7 Å². The van der Waals surface area contributed by atoms with Crippen LogP contribution in [0, 0.1) is 6.92 Å². The van der Waals surface area contributed by atoms with Crippen LogP contribution in [0.25, 0.3) is 0 Å². The molecule has 166 valence electrons. The summed E-state index contributed by atoms with van der Waals surface area (Å²) in [6, 6.07) is 8.63. The zero-order valence-electron chi connectivity index (χ0n) is 16.8. The van der Waals surface area contributed by atoms with Crippen LogP contribution in [-0.2, 0) is 4.79 Å². The van der Waals surface area contributed by atoms with Crippen molar-refractivity contribution in [3.8, 4) is 11.5 Å². The minimum atomic E-state index is -0.469. The van der Waals surface area contributed by atoms with Crippen molar-refractivity contribution in [2.75, 3.05) is 6.61 Å². The minimum absolute atomic E-state index is 0.00846. The lowest BCUT2D eigenvalue weighted by Gasteiger charge is -2.14. The van der Waals surface area contributed by atoms with Gasteiger partial charge in [0.25, 0.3) is 11.8 Å². The summed E-state index contributed by atoms with van der Waals surface area (Å²) < 4.78 is 13.4. The molecule has 2 aromatic carbocycles. The molecule has 0 fully saturated rings. The van der Waals surface area contributed by atoms with E-state index in [2.05, 4.69) is 64.0 Å². The molecule has 0 atom stereocenters. The average molecular weight is 638 g/mol. The molecule has 0 aliphatic carbocycles. The van der Waals surface area contributed by atoms with Gasteiger partial charge in [-0.25, -0.2) is 0 Å². The van der Waals surface area contributed by atoms with Crippen molar-refractivity contribution >= 4 is 76.9 Å². The van der Waals surface area contributed by atoms with Gasteiger partial charge in [0.05, 0.1) is 15.0 Å². The SMILES string of the molecule is Cc1cc(Br)cc(Br)c1OCC(=O)NNC(=S)NC(=O)c1ccc(OC(C)C)c(Br)c1. The molecule has 7 nitrogen and oxygen atoms in total. The van der Waals surface area contributed by atoms with E-state index in [0.29, 0.717) is 21.5 Å². The van der Waals surface area contributed by atoms with Crippen molar-refractivity contribution in [3.05, 3.63) is 54.9 Å². The summed E-state index contributed by atoms with van der Waals surface area (Å²) in [6.45, 7) is 5.45. The van der Waals surface area contributed by atoms with Crippen LogP contribution in [-0.4, -0.2) is 29.6 Å². The Morgan fingerprint density at radius 1 is 1.06 bits per heavy atom. The molecule has 0 bridgehead atoms. The van der Waals surface area contributed by atoms with E-state index in [-0.39, 0.29) is 17.8 Å². The smallest absolute Gasteiger partial charge is 0.276 e. The molecule has 0 saturated heterocycles. The highest BCUT2D eigenvalue weighted by Crippen LogP contribution is 2.32. The number of hydrazine groups is 1. The molecule has 0 aromatic heterocycles. The zero-order chi connectivity index (χ0) is 23.1. The normalized spacial score (nSPS) is 10.4. The summed E-state index contributed by atoms with van der Waals surface area (Å²) in [6.07, 6.45) is 0.00846. The highest BCUT2D eigenvalue weighted by molar-refractivity contribution is 9.11. The first kappa shape index (κ1) is 25.6. The van der Waals surface area contributed by atoms with Gasteiger partial charge in [-0.3, -0.25) is 25.8 Å². The molecule has 0 aliphatic heterocycles. The summed E-state index contributed by atoms with van der Waals surface area (Å²) in [5.41, 5.74) is 6.09. The molecular formula is C20H20Br3N3O4S. The van der Waals surface area contributed by atoms with Gasteiger partial charge in [-0.15, -0.1) is 0 Å². The van der Waals surface area contributed by atoms with Gasteiger partial charge in [0, 0.05) is 10.0 Å². The van der Waals surface area contributed by atoms with E-state index in [1.54, 1.807) is 18.2 Å². The second-order valence-electron chi connectivity index (χ2n) is 6.59. The van der Waals surface area contributed by atoms with E-state index < -0.39 is 11.8 Å². The van der Waals surface area contributed by atoms with Crippen LogP contribution in [0.2, 0.25) is 0 Å². The molecule has 2 rings (SSSR count).